The Morgan fingerprint density at radius 2 is 1.58 bits per heavy atom. The van der Waals surface area contributed by atoms with Crippen LogP contribution in [0.25, 0.3) is 0 Å². The molecule has 0 aromatic heterocycles. The summed E-state index contributed by atoms with van der Waals surface area (Å²) in [7, 11) is -3.07. The molecule has 130 valence electrons. The number of amides is 3. The van der Waals surface area contributed by atoms with Crippen LogP contribution >= 0.6 is 0 Å². The van der Waals surface area contributed by atoms with E-state index in [1.54, 1.807) is 4.72 Å². The molecule has 3 amide bonds. The lowest BCUT2D eigenvalue weighted by atomic mass is 10.3. The van der Waals surface area contributed by atoms with Gasteiger partial charge in [-0.1, -0.05) is 0 Å². The molecular formula is C13H15N3O7S. The van der Waals surface area contributed by atoms with Crippen LogP contribution in [-0.2, 0) is 33.9 Å². The quantitative estimate of drug-likeness (QED) is 0.450. The highest BCUT2D eigenvalue weighted by molar-refractivity contribution is 7.90. The fraction of sp³-hybridized carbons (Fsp3) is 0.231. The Morgan fingerprint density at radius 3 is 2.08 bits per heavy atom. The van der Waals surface area contributed by atoms with Gasteiger partial charge in [-0.15, -0.1) is 0 Å². The highest BCUT2D eigenvalue weighted by Crippen LogP contribution is 2.14. The number of carbonyl (C=O) groups excluding carboxylic acids is 4. The highest BCUT2D eigenvalue weighted by atomic mass is 32.2. The van der Waals surface area contributed by atoms with E-state index in [2.05, 4.69) is 10.1 Å². The van der Waals surface area contributed by atoms with E-state index >= 15 is 0 Å². The minimum atomic E-state index is -4.25. The second kappa shape index (κ2) is 8.06. The number of benzene rings is 1. The second-order valence-corrected chi connectivity index (χ2v) is 5.90. The maximum Gasteiger partial charge on any atom is 0.397 e. The Balaban J connectivity index is 2.83. The van der Waals surface area contributed by atoms with Gasteiger partial charge in [-0.25, -0.2) is 17.9 Å². The number of ether oxygens (including phenoxy) is 1. The second-order valence-electron chi connectivity index (χ2n) is 4.21. The zero-order valence-corrected chi connectivity index (χ0v) is 13.6. The number of sulfonamides is 1. The number of esters is 1. The lowest BCUT2D eigenvalue weighted by Gasteiger charge is -2.08. The fourth-order valence-corrected chi connectivity index (χ4v) is 2.39. The molecule has 1 rings (SSSR count). The van der Waals surface area contributed by atoms with E-state index in [0.29, 0.717) is 0 Å². The molecule has 1 aromatic rings. The Morgan fingerprint density at radius 1 is 1.00 bits per heavy atom. The van der Waals surface area contributed by atoms with E-state index in [1.807, 2.05) is 5.32 Å². The van der Waals surface area contributed by atoms with Gasteiger partial charge in [0.15, 0.2) is 0 Å². The number of nitrogens with one attached hydrogen (secondary N) is 3. The summed E-state index contributed by atoms with van der Waals surface area (Å²) >= 11 is 0. The van der Waals surface area contributed by atoms with Crippen molar-refractivity contribution in [2.24, 2.45) is 0 Å². The molecule has 0 heterocycles. The summed E-state index contributed by atoms with van der Waals surface area (Å²) in [5.41, 5.74) is 0.143. The molecule has 0 aliphatic rings. The summed E-state index contributed by atoms with van der Waals surface area (Å²) in [6.45, 7) is 1.58. The van der Waals surface area contributed by atoms with Crippen molar-refractivity contribution in [3.05, 3.63) is 24.3 Å². The first-order valence-corrected chi connectivity index (χ1v) is 8.06. The first kappa shape index (κ1) is 19.1. The molecule has 0 saturated carbocycles. The van der Waals surface area contributed by atoms with Gasteiger partial charge in [0.05, 0.1) is 11.5 Å². The van der Waals surface area contributed by atoms with Crippen molar-refractivity contribution < 1.29 is 32.3 Å². The Kier molecular flexibility index (Phi) is 6.41. The third-order valence-corrected chi connectivity index (χ3v) is 3.89. The first-order chi connectivity index (χ1) is 11.2. The molecular weight excluding hydrogens is 342 g/mol. The molecule has 0 saturated heterocycles. The van der Waals surface area contributed by atoms with Crippen LogP contribution in [0.5, 0.6) is 0 Å². The molecule has 10 nitrogen and oxygen atoms in total. The predicted molar refractivity (Wildman–Crippen MR) is 81.1 cm³/mol. The normalized spacial score (nSPS) is 10.4. The zero-order valence-electron chi connectivity index (χ0n) is 12.8. The molecule has 0 radical (unpaired) electrons. The van der Waals surface area contributed by atoms with Crippen LogP contribution in [-0.4, -0.2) is 45.8 Å². The summed E-state index contributed by atoms with van der Waals surface area (Å²) in [6.07, 6.45) is 0. The van der Waals surface area contributed by atoms with Crippen LogP contribution in [0.3, 0.4) is 0 Å². The Labute approximate surface area is 137 Å². The molecule has 0 bridgehead atoms. The summed E-state index contributed by atoms with van der Waals surface area (Å²) < 4.78 is 29.9. The van der Waals surface area contributed by atoms with Gasteiger partial charge in [-0.3, -0.25) is 14.4 Å². The van der Waals surface area contributed by atoms with E-state index < -0.39 is 33.7 Å². The van der Waals surface area contributed by atoms with Crippen LogP contribution < -0.4 is 15.4 Å². The third-order valence-electron chi connectivity index (χ3n) is 2.54. The largest absolute Gasteiger partial charge is 0.459 e. The lowest BCUT2D eigenvalue weighted by Crippen LogP contribution is -2.41. The molecule has 0 aliphatic carbocycles. The molecule has 0 aliphatic heterocycles. The summed E-state index contributed by atoms with van der Waals surface area (Å²) in [5, 5.41) is 4.20. The number of rotatable bonds is 4. The molecule has 3 N–H and O–H groups in total. The standard InChI is InChI=1S/C13H15N3O7S/c1-3-23-13(20)12(19)15-8-4-6-9(7-5-8)24(21,22)16-11(18)10(17)14-2/h4-7H,3H2,1-2H3,(H,14,17)(H,15,19)(H,16,18). The van der Waals surface area contributed by atoms with Gasteiger partial charge in [0.2, 0.25) is 0 Å². The van der Waals surface area contributed by atoms with Gasteiger partial charge >= 0.3 is 23.7 Å². The highest BCUT2D eigenvalue weighted by Gasteiger charge is 2.22. The minimum absolute atomic E-state index is 0.0362. The number of anilines is 1. The van der Waals surface area contributed by atoms with E-state index in [1.165, 1.54) is 26.1 Å². The average Bonchev–Trinajstić information content (AvgIpc) is 2.54. The first-order valence-electron chi connectivity index (χ1n) is 6.58. The molecule has 0 spiro atoms. The van der Waals surface area contributed by atoms with Crippen LogP contribution in [0.4, 0.5) is 5.69 Å². The molecule has 1 aromatic carbocycles. The maximum absolute atomic E-state index is 11.9. The Bertz CT molecular complexity index is 756. The van der Waals surface area contributed by atoms with Crippen molar-refractivity contribution in [1.29, 1.82) is 0 Å². The number of hydrogen-bond donors (Lipinski definition) is 3. The van der Waals surface area contributed by atoms with E-state index in [9.17, 15) is 27.6 Å². The van der Waals surface area contributed by atoms with Gasteiger partial charge in [0.25, 0.3) is 10.0 Å². The number of hydrogen-bond acceptors (Lipinski definition) is 7. The van der Waals surface area contributed by atoms with E-state index in [-0.39, 0.29) is 17.2 Å². The maximum atomic E-state index is 11.9. The van der Waals surface area contributed by atoms with E-state index in [4.69, 9.17) is 0 Å². The predicted octanol–water partition coefficient (Wildman–Crippen LogP) is -1.26. The van der Waals surface area contributed by atoms with Crippen LogP contribution in [0.1, 0.15) is 6.92 Å². The van der Waals surface area contributed by atoms with Crippen LogP contribution in [0, 0.1) is 0 Å². The van der Waals surface area contributed by atoms with Crippen molar-refractivity contribution in [3.63, 3.8) is 0 Å². The summed E-state index contributed by atoms with van der Waals surface area (Å²) in [5.74, 6) is -4.54. The van der Waals surface area contributed by atoms with Crippen LogP contribution in [0.2, 0.25) is 0 Å². The third kappa shape index (κ3) is 5.05. The molecule has 11 heteroatoms. The van der Waals surface area contributed by atoms with Crippen molar-refractivity contribution in [3.8, 4) is 0 Å². The summed E-state index contributed by atoms with van der Waals surface area (Å²) in [4.78, 5) is 44.6. The monoisotopic (exact) mass is 357 g/mol. The fourth-order valence-electron chi connectivity index (χ4n) is 1.44. The Hall–Kier alpha value is -2.95. The lowest BCUT2D eigenvalue weighted by molar-refractivity contribution is -0.152. The molecule has 0 fully saturated rings. The van der Waals surface area contributed by atoms with Gasteiger partial charge in [0.1, 0.15) is 0 Å². The number of carbonyl (C=O) groups is 4. The van der Waals surface area contributed by atoms with Gasteiger partial charge in [-0.2, -0.15) is 0 Å². The molecule has 0 atom stereocenters. The van der Waals surface area contributed by atoms with Crippen molar-refractivity contribution in [1.82, 2.24) is 10.0 Å². The molecule has 0 unspecified atom stereocenters. The minimum Gasteiger partial charge on any atom is -0.459 e. The van der Waals surface area contributed by atoms with Gasteiger partial charge < -0.3 is 15.4 Å². The topological polar surface area (TPSA) is 148 Å². The molecule has 24 heavy (non-hydrogen) atoms. The van der Waals surface area contributed by atoms with Crippen molar-refractivity contribution in [2.75, 3.05) is 19.0 Å². The van der Waals surface area contributed by atoms with Crippen molar-refractivity contribution >= 4 is 39.4 Å². The average molecular weight is 357 g/mol. The van der Waals surface area contributed by atoms with Gasteiger partial charge in [0, 0.05) is 12.7 Å². The smallest absolute Gasteiger partial charge is 0.397 e. The van der Waals surface area contributed by atoms with E-state index in [0.717, 1.165) is 12.1 Å². The zero-order chi connectivity index (χ0) is 18.3. The van der Waals surface area contributed by atoms with Gasteiger partial charge in [-0.05, 0) is 31.2 Å². The summed E-state index contributed by atoms with van der Waals surface area (Å²) in [6, 6.07) is 4.58. The van der Waals surface area contributed by atoms with Crippen molar-refractivity contribution in [2.45, 2.75) is 11.8 Å². The number of likely N-dealkylation sites (N-methyl/N-ethyl adjacent to an activating group) is 1. The SMILES string of the molecule is CCOC(=O)C(=O)Nc1ccc(S(=O)(=O)NC(=O)C(=O)NC)cc1. The van der Waals surface area contributed by atoms with Crippen LogP contribution in [0.15, 0.2) is 29.2 Å².